The fraction of sp³-hybridized carbons (Fsp3) is 0.174. The molecule has 0 bridgehead atoms. The average Bonchev–Trinajstić information content (AvgIpc) is 3.14. The van der Waals surface area contributed by atoms with Gasteiger partial charge in [0, 0.05) is 13.1 Å². The monoisotopic (exact) mass is 342 g/mol. The number of fused-ring (bicyclic) bond motifs is 1. The van der Waals surface area contributed by atoms with Gasteiger partial charge in [0.25, 0.3) is 0 Å². The molecule has 0 saturated carbocycles. The van der Waals surface area contributed by atoms with Crippen LogP contribution in [0.2, 0.25) is 0 Å². The van der Waals surface area contributed by atoms with Crippen LogP contribution in [0.25, 0.3) is 0 Å². The number of carbonyl (C=O) groups is 1. The predicted molar refractivity (Wildman–Crippen MR) is 103 cm³/mol. The third kappa shape index (κ3) is 3.45. The summed E-state index contributed by atoms with van der Waals surface area (Å²) in [6.45, 7) is 1.59. The normalized spacial score (nSPS) is 15.0. The molecule has 0 radical (unpaired) electrons. The Kier molecular flexibility index (Phi) is 4.91. The summed E-state index contributed by atoms with van der Waals surface area (Å²) in [6, 6.07) is 29.0. The van der Waals surface area contributed by atoms with E-state index in [9.17, 15) is 4.79 Å². The molecule has 0 aliphatic carbocycles. The van der Waals surface area contributed by atoms with Gasteiger partial charge < -0.3 is 4.79 Å². The molecule has 4 rings (SSSR count). The van der Waals surface area contributed by atoms with E-state index in [1.807, 2.05) is 36.4 Å². The molecule has 1 atom stereocenters. The topological polar surface area (TPSA) is 32.3 Å². The number of carbonyl (C=O) groups excluding carboxylic acids is 1. The maximum Gasteiger partial charge on any atom is 0.151 e. The first-order chi connectivity index (χ1) is 12.8. The number of nitrogens with zero attached hydrogens (tertiary/aromatic N) is 1. The minimum Gasteiger partial charge on any atom is -0.300 e. The third-order valence-corrected chi connectivity index (χ3v) is 4.99. The van der Waals surface area contributed by atoms with E-state index >= 15 is 0 Å². The van der Waals surface area contributed by atoms with Gasteiger partial charge in [0.15, 0.2) is 6.29 Å². The summed E-state index contributed by atoms with van der Waals surface area (Å²) in [6.07, 6.45) is 0.679. The highest BCUT2D eigenvalue weighted by Crippen LogP contribution is 2.26. The van der Waals surface area contributed by atoms with E-state index in [0.29, 0.717) is 0 Å². The van der Waals surface area contributed by atoms with Crippen molar-refractivity contribution in [2.45, 2.75) is 25.3 Å². The Balaban J connectivity index is 1.60. The Morgan fingerprint density at radius 3 is 1.65 bits per heavy atom. The summed E-state index contributed by atoms with van der Waals surface area (Å²) in [7, 11) is 0. The van der Waals surface area contributed by atoms with E-state index in [-0.39, 0.29) is 12.2 Å². The highest BCUT2D eigenvalue weighted by atomic mass is 16.1. The first kappa shape index (κ1) is 16.7. The van der Waals surface area contributed by atoms with Crippen molar-refractivity contribution in [1.82, 2.24) is 10.2 Å². The van der Waals surface area contributed by atoms with Crippen molar-refractivity contribution in [3.63, 3.8) is 0 Å². The summed E-state index contributed by atoms with van der Waals surface area (Å²) in [5.74, 6) is 0. The molecule has 1 unspecified atom stereocenters. The van der Waals surface area contributed by atoms with Crippen LogP contribution in [0.1, 0.15) is 28.3 Å². The fourth-order valence-corrected chi connectivity index (χ4v) is 3.63. The van der Waals surface area contributed by atoms with Crippen LogP contribution in [0.5, 0.6) is 0 Å². The largest absolute Gasteiger partial charge is 0.300 e. The molecular formula is C23H22N2O. The number of nitrogens with one attached hydrogen (secondary N) is 1. The number of benzene rings is 3. The van der Waals surface area contributed by atoms with Crippen LogP contribution in [0.3, 0.4) is 0 Å². The van der Waals surface area contributed by atoms with E-state index in [1.165, 1.54) is 11.1 Å². The zero-order valence-electron chi connectivity index (χ0n) is 14.6. The lowest BCUT2D eigenvalue weighted by atomic mass is 9.98. The molecular weight excluding hydrogens is 320 g/mol. The van der Waals surface area contributed by atoms with Crippen LogP contribution in [0.4, 0.5) is 0 Å². The number of rotatable bonds is 6. The smallest absolute Gasteiger partial charge is 0.151 e. The lowest BCUT2D eigenvalue weighted by Crippen LogP contribution is -2.46. The first-order valence-electron chi connectivity index (χ1n) is 8.97. The van der Waals surface area contributed by atoms with Crippen molar-refractivity contribution in [3.8, 4) is 0 Å². The molecule has 0 saturated heterocycles. The van der Waals surface area contributed by atoms with Gasteiger partial charge in [0.2, 0.25) is 0 Å². The van der Waals surface area contributed by atoms with E-state index in [2.05, 4.69) is 58.7 Å². The Morgan fingerprint density at radius 2 is 1.19 bits per heavy atom. The molecule has 3 aromatic carbocycles. The van der Waals surface area contributed by atoms with Crippen molar-refractivity contribution in [3.05, 3.63) is 107 Å². The van der Waals surface area contributed by atoms with Crippen LogP contribution < -0.4 is 5.32 Å². The van der Waals surface area contributed by atoms with Crippen molar-refractivity contribution in [1.29, 1.82) is 0 Å². The van der Waals surface area contributed by atoms with E-state index < -0.39 is 0 Å². The zero-order valence-corrected chi connectivity index (χ0v) is 14.6. The fourth-order valence-electron chi connectivity index (χ4n) is 3.63. The van der Waals surface area contributed by atoms with Crippen LogP contribution >= 0.6 is 0 Å². The van der Waals surface area contributed by atoms with Gasteiger partial charge in [-0.25, -0.2) is 0 Å². The summed E-state index contributed by atoms with van der Waals surface area (Å²) in [5, 5.41) is 3.57. The summed E-state index contributed by atoms with van der Waals surface area (Å²) in [4.78, 5) is 14.1. The van der Waals surface area contributed by atoms with Gasteiger partial charge in [-0.1, -0.05) is 84.9 Å². The Morgan fingerprint density at radius 1 is 0.731 bits per heavy atom. The average molecular weight is 342 g/mol. The number of aldehydes is 1. The van der Waals surface area contributed by atoms with Gasteiger partial charge >= 0.3 is 0 Å². The summed E-state index contributed by atoms with van der Waals surface area (Å²) >= 11 is 0. The molecule has 26 heavy (non-hydrogen) atoms. The van der Waals surface area contributed by atoms with Gasteiger partial charge in [-0.05, 0) is 22.3 Å². The maximum absolute atomic E-state index is 11.9. The molecule has 0 fully saturated rings. The first-order valence-corrected chi connectivity index (χ1v) is 8.97. The van der Waals surface area contributed by atoms with Gasteiger partial charge in [0.05, 0.1) is 6.04 Å². The second-order valence-electron chi connectivity index (χ2n) is 6.68. The molecule has 1 N–H and O–H groups in total. The second-order valence-corrected chi connectivity index (χ2v) is 6.68. The van der Waals surface area contributed by atoms with Crippen LogP contribution in [-0.2, 0) is 17.9 Å². The zero-order chi connectivity index (χ0) is 17.8. The van der Waals surface area contributed by atoms with Crippen LogP contribution in [-0.4, -0.2) is 17.4 Å². The minimum atomic E-state index is -0.340. The van der Waals surface area contributed by atoms with Crippen molar-refractivity contribution >= 4 is 6.29 Å². The molecule has 3 heteroatoms. The second kappa shape index (κ2) is 7.65. The van der Waals surface area contributed by atoms with E-state index in [0.717, 1.165) is 30.5 Å². The molecule has 3 nitrogen and oxygen atoms in total. The standard InChI is InChI=1S/C23H22N2O/c26-17-22(25-15-20-13-7-8-14-21(20)16-25)24-23(18-9-3-1-4-10-18)19-11-5-2-6-12-19/h1-14,17,22-24H,15-16H2. The molecule has 0 spiro atoms. The highest BCUT2D eigenvalue weighted by molar-refractivity contribution is 5.58. The third-order valence-electron chi connectivity index (χ3n) is 4.99. The molecule has 0 amide bonds. The minimum absolute atomic E-state index is 0.0312. The SMILES string of the molecule is O=CC(NC(c1ccccc1)c1ccccc1)N1Cc2ccccc2C1. The van der Waals surface area contributed by atoms with E-state index in [4.69, 9.17) is 0 Å². The van der Waals surface area contributed by atoms with Gasteiger partial charge in [-0.2, -0.15) is 0 Å². The summed E-state index contributed by atoms with van der Waals surface area (Å²) in [5.41, 5.74) is 4.92. The predicted octanol–water partition coefficient (Wildman–Crippen LogP) is 3.91. The van der Waals surface area contributed by atoms with Crippen LogP contribution in [0.15, 0.2) is 84.9 Å². The molecule has 1 aliphatic heterocycles. The highest BCUT2D eigenvalue weighted by Gasteiger charge is 2.28. The molecule has 1 aliphatic rings. The number of hydrogen-bond donors (Lipinski definition) is 1. The maximum atomic E-state index is 11.9. The quantitative estimate of drug-likeness (QED) is 0.690. The van der Waals surface area contributed by atoms with Gasteiger partial charge in [0.1, 0.15) is 6.17 Å². The van der Waals surface area contributed by atoms with Crippen molar-refractivity contribution < 1.29 is 4.79 Å². The van der Waals surface area contributed by atoms with Crippen molar-refractivity contribution in [2.75, 3.05) is 0 Å². The molecule has 0 aromatic heterocycles. The Bertz CT molecular complexity index is 799. The lowest BCUT2D eigenvalue weighted by Gasteiger charge is -2.29. The van der Waals surface area contributed by atoms with Gasteiger partial charge in [-0.3, -0.25) is 10.2 Å². The van der Waals surface area contributed by atoms with Crippen molar-refractivity contribution in [2.24, 2.45) is 0 Å². The Labute approximate surface area is 154 Å². The Hall–Kier alpha value is -2.75. The summed E-state index contributed by atoms with van der Waals surface area (Å²) < 4.78 is 0. The molecule has 1 heterocycles. The van der Waals surface area contributed by atoms with Crippen LogP contribution in [0, 0.1) is 0 Å². The molecule has 130 valence electrons. The lowest BCUT2D eigenvalue weighted by molar-refractivity contribution is -0.114. The van der Waals surface area contributed by atoms with E-state index in [1.54, 1.807) is 0 Å². The molecule has 3 aromatic rings. The number of hydrogen-bond acceptors (Lipinski definition) is 3. The van der Waals surface area contributed by atoms with Gasteiger partial charge in [-0.15, -0.1) is 0 Å².